The summed E-state index contributed by atoms with van der Waals surface area (Å²) in [5.74, 6) is 0. The molecule has 4 nitrogen and oxygen atoms in total. The Morgan fingerprint density at radius 2 is 2.12 bits per heavy atom. The lowest BCUT2D eigenvalue weighted by Gasteiger charge is -2.35. The van der Waals surface area contributed by atoms with E-state index in [1.807, 2.05) is 0 Å². The summed E-state index contributed by atoms with van der Waals surface area (Å²) in [6, 6.07) is 2.07. The van der Waals surface area contributed by atoms with Crippen LogP contribution in [-0.4, -0.2) is 30.3 Å². The molecule has 0 spiro atoms. The van der Waals surface area contributed by atoms with Crippen LogP contribution in [0.3, 0.4) is 0 Å². The molecule has 0 bridgehead atoms. The van der Waals surface area contributed by atoms with E-state index < -0.39 is 0 Å². The van der Waals surface area contributed by atoms with Gasteiger partial charge in [0.05, 0.1) is 12.2 Å². The predicted molar refractivity (Wildman–Crippen MR) is 66.8 cm³/mol. The average Bonchev–Trinajstić information content (AvgIpc) is 2.58. The highest BCUT2D eigenvalue weighted by atomic mass is 79.9. The van der Waals surface area contributed by atoms with E-state index in [1.165, 1.54) is 11.3 Å². The van der Waals surface area contributed by atoms with Gasteiger partial charge in [-0.2, -0.15) is 5.26 Å². The summed E-state index contributed by atoms with van der Waals surface area (Å²) < 4.78 is 6.46. The van der Waals surface area contributed by atoms with Crippen LogP contribution < -0.4 is 4.90 Å². The zero-order chi connectivity index (χ0) is 11.7. The first-order valence-corrected chi connectivity index (χ1v) is 6.68. The maximum Gasteiger partial charge on any atom is 0.187 e. The lowest BCUT2D eigenvalue weighted by molar-refractivity contribution is -0.00522. The molecular weight excluding hydrogens is 290 g/mol. The summed E-state index contributed by atoms with van der Waals surface area (Å²) in [6.45, 7) is 5.76. The van der Waals surface area contributed by atoms with Gasteiger partial charge in [0.2, 0.25) is 0 Å². The van der Waals surface area contributed by atoms with Crippen LogP contribution in [0.15, 0.2) is 3.79 Å². The highest BCUT2D eigenvalue weighted by Gasteiger charge is 2.25. The molecule has 2 rings (SSSR count). The maximum atomic E-state index is 8.86. The van der Waals surface area contributed by atoms with Gasteiger partial charge in [0.25, 0.3) is 0 Å². The molecule has 0 aromatic carbocycles. The SMILES string of the molecule is CC1CN(c2nc(C#N)c(Br)s2)CC(C)O1. The van der Waals surface area contributed by atoms with Gasteiger partial charge in [-0.05, 0) is 29.8 Å². The number of hydrogen-bond donors (Lipinski definition) is 0. The first-order chi connectivity index (χ1) is 7.60. The van der Waals surface area contributed by atoms with Crippen LogP contribution in [0.4, 0.5) is 5.13 Å². The third kappa shape index (κ3) is 2.37. The summed E-state index contributed by atoms with van der Waals surface area (Å²) in [7, 11) is 0. The van der Waals surface area contributed by atoms with Crippen molar-refractivity contribution >= 4 is 32.4 Å². The minimum Gasteiger partial charge on any atom is -0.372 e. The van der Waals surface area contributed by atoms with E-state index in [2.05, 4.69) is 45.7 Å². The number of rotatable bonds is 1. The van der Waals surface area contributed by atoms with Crippen molar-refractivity contribution in [3.63, 3.8) is 0 Å². The number of anilines is 1. The molecule has 0 saturated carbocycles. The molecule has 1 aliphatic heterocycles. The molecule has 2 atom stereocenters. The number of morpholine rings is 1. The molecule has 2 unspecified atom stereocenters. The second kappa shape index (κ2) is 4.70. The second-order valence-corrected chi connectivity index (χ2v) is 6.19. The molecule has 86 valence electrons. The van der Waals surface area contributed by atoms with E-state index in [0.29, 0.717) is 5.69 Å². The molecule has 6 heteroatoms. The first kappa shape index (κ1) is 11.8. The summed E-state index contributed by atoms with van der Waals surface area (Å²) >= 11 is 4.85. The fraction of sp³-hybridized carbons (Fsp3) is 0.600. The second-order valence-electron chi connectivity index (χ2n) is 3.89. The van der Waals surface area contributed by atoms with Crippen molar-refractivity contribution in [2.75, 3.05) is 18.0 Å². The highest BCUT2D eigenvalue weighted by molar-refractivity contribution is 9.11. The van der Waals surface area contributed by atoms with Gasteiger partial charge in [-0.15, -0.1) is 0 Å². The van der Waals surface area contributed by atoms with Crippen LogP contribution in [0.25, 0.3) is 0 Å². The zero-order valence-corrected chi connectivity index (χ0v) is 11.5. The van der Waals surface area contributed by atoms with Crippen LogP contribution >= 0.6 is 27.3 Å². The number of hydrogen-bond acceptors (Lipinski definition) is 5. The Balaban J connectivity index is 2.20. The minimum absolute atomic E-state index is 0.206. The highest BCUT2D eigenvalue weighted by Crippen LogP contribution is 2.31. The minimum atomic E-state index is 0.206. The molecule has 1 aliphatic rings. The van der Waals surface area contributed by atoms with E-state index in [0.717, 1.165) is 22.0 Å². The predicted octanol–water partition coefficient (Wildman–Crippen LogP) is 2.39. The Bertz CT molecular complexity index is 418. The summed E-state index contributed by atoms with van der Waals surface area (Å²) in [5.41, 5.74) is 0.465. The van der Waals surface area contributed by atoms with E-state index in [-0.39, 0.29) is 12.2 Å². The lowest BCUT2D eigenvalue weighted by atomic mass is 10.2. The van der Waals surface area contributed by atoms with Crippen molar-refractivity contribution < 1.29 is 4.74 Å². The first-order valence-electron chi connectivity index (χ1n) is 5.07. The van der Waals surface area contributed by atoms with Crippen LogP contribution in [0.5, 0.6) is 0 Å². The van der Waals surface area contributed by atoms with Crippen molar-refractivity contribution in [1.29, 1.82) is 5.26 Å². The van der Waals surface area contributed by atoms with Gasteiger partial charge < -0.3 is 9.64 Å². The van der Waals surface area contributed by atoms with Crippen LogP contribution in [-0.2, 0) is 4.74 Å². The summed E-state index contributed by atoms with van der Waals surface area (Å²) in [4.78, 5) is 6.48. The molecule has 1 fully saturated rings. The molecule has 0 N–H and O–H groups in total. The van der Waals surface area contributed by atoms with Gasteiger partial charge in [-0.25, -0.2) is 4.98 Å². The lowest BCUT2D eigenvalue weighted by Crippen LogP contribution is -2.45. The Hall–Kier alpha value is -0.640. The molecule has 1 aromatic rings. The van der Waals surface area contributed by atoms with Crippen molar-refractivity contribution in [3.05, 3.63) is 9.48 Å². The molecule has 2 heterocycles. The number of ether oxygens (including phenoxy) is 1. The van der Waals surface area contributed by atoms with Gasteiger partial charge in [0, 0.05) is 13.1 Å². The third-order valence-electron chi connectivity index (χ3n) is 2.37. The Morgan fingerprint density at radius 3 is 2.62 bits per heavy atom. The molecule has 0 amide bonds. The Kier molecular flexibility index (Phi) is 3.47. The van der Waals surface area contributed by atoms with Crippen molar-refractivity contribution in [2.45, 2.75) is 26.1 Å². The number of nitriles is 1. The van der Waals surface area contributed by atoms with Crippen molar-refractivity contribution in [3.8, 4) is 6.07 Å². The van der Waals surface area contributed by atoms with Crippen molar-refractivity contribution in [1.82, 2.24) is 4.98 Å². The summed E-state index contributed by atoms with van der Waals surface area (Å²) in [6.07, 6.45) is 0.411. The number of halogens is 1. The number of aromatic nitrogens is 1. The molecular formula is C10H12BrN3OS. The van der Waals surface area contributed by atoms with E-state index in [9.17, 15) is 0 Å². The molecule has 16 heavy (non-hydrogen) atoms. The monoisotopic (exact) mass is 301 g/mol. The number of nitrogens with zero attached hydrogens (tertiary/aromatic N) is 3. The van der Waals surface area contributed by atoms with Gasteiger partial charge in [-0.1, -0.05) is 11.3 Å². The standard InChI is InChI=1S/C10H12BrN3OS/c1-6-4-14(5-7(2)15-6)10-13-8(3-12)9(11)16-10/h6-7H,4-5H2,1-2H3. The van der Waals surface area contributed by atoms with Crippen LogP contribution in [0.2, 0.25) is 0 Å². The van der Waals surface area contributed by atoms with Gasteiger partial charge in [0.15, 0.2) is 10.8 Å². The van der Waals surface area contributed by atoms with Gasteiger partial charge >= 0.3 is 0 Å². The fourth-order valence-electron chi connectivity index (χ4n) is 1.83. The smallest absolute Gasteiger partial charge is 0.187 e. The number of thiazole rings is 1. The maximum absolute atomic E-state index is 8.86. The van der Waals surface area contributed by atoms with Gasteiger partial charge in [-0.3, -0.25) is 0 Å². The molecule has 0 aliphatic carbocycles. The molecule has 1 saturated heterocycles. The zero-order valence-electron chi connectivity index (χ0n) is 9.11. The molecule has 1 aromatic heterocycles. The van der Waals surface area contributed by atoms with E-state index >= 15 is 0 Å². The largest absolute Gasteiger partial charge is 0.372 e. The van der Waals surface area contributed by atoms with E-state index in [1.54, 1.807) is 0 Å². The van der Waals surface area contributed by atoms with Crippen LogP contribution in [0, 0.1) is 11.3 Å². The van der Waals surface area contributed by atoms with Crippen molar-refractivity contribution in [2.24, 2.45) is 0 Å². The quantitative estimate of drug-likeness (QED) is 0.799. The van der Waals surface area contributed by atoms with E-state index in [4.69, 9.17) is 10.00 Å². The van der Waals surface area contributed by atoms with Gasteiger partial charge in [0.1, 0.15) is 9.86 Å². The van der Waals surface area contributed by atoms with Crippen LogP contribution in [0.1, 0.15) is 19.5 Å². The normalized spacial score (nSPS) is 25.5. The summed E-state index contributed by atoms with van der Waals surface area (Å²) in [5, 5.41) is 9.75. The third-order valence-corrected chi connectivity index (χ3v) is 4.14. The topological polar surface area (TPSA) is 49.2 Å². The molecule has 0 radical (unpaired) electrons. The Morgan fingerprint density at radius 1 is 1.50 bits per heavy atom. The Labute approximate surface area is 107 Å². The fourth-order valence-corrected chi connectivity index (χ4v) is 3.20. The average molecular weight is 302 g/mol.